The van der Waals surface area contributed by atoms with Crippen LogP contribution < -0.4 is 5.73 Å². The van der Waals surface area contributed by atoms with Crippen LogP contribution in [0.4, 0.5) is 0 Å². The monoisotopic (exact) mass is 814 g/mol. The quantitative estimate of drug-likeness (QED) is 0.0232. The van der Waals surface area contributed by atoms with Gasteiger partial charge in [0, 0.05) is 12.8 Å². The highest BCUT2D eigenvalue weighted by Gasteiger charge is 2.28. The predicted molar refractivity (Wildman–Crippen MR) is 226 cm³/mol. The highest BCUT2D eigenvalue weighted by atomic mass is 31.2. The fraction of sp³-hybridized carbons (Fsp3) is 0.795. The standard InChI is InChI=1S/C44H80NO10P/c1-3-5-7-9-11-13-15-17-18-19-20-21-22-24-25-27-29-31-33-35-42(46)52-37-40(38-53-56(50,51)54-39-41(45)44(48)49)55-43(47)36-34-32-30-28-26-23-16-14-12-10-8-6-4-2/h6,8,12,14,23,26,40-41H,3-5,7,9-11,13,15-22,24-25,27-39,45H2,1-2H3,(H,48,49)(H,50,51)/b8-6-,14-12-,26-23-. The number of allylic oxidation sites excluding steroid dienone is 6. The first-order valence-corrected chi connectivity index (χ1v) is 23.5. The zero-order valence-corrected chi connectivity index (χ0v) is 36.1. The molecule has 0 saturated carbocycles. The van der Waals surface area contributed by atoms with Gasteiger partial charge in [-0.15, -0.1) is 0 Å². The van der Waals surface area contributed by atoms with Crippen LogP contribution in [-0.2, 0) is 37.5 Å². The molecule has 11 nitrogen and oxygen atoms in total. The summed E-state index contributed by atoms with van der Waals surface area (Å²) in [5, 5.41) is 8.88. The molecule has 0 aromatic heterocycles. The van der Waals surface area contributed by atoms with Crippen LogP contribution in [0, 0.1) is 0 Å². The molecule has 0 saturated heterocycles. The maximum Gasteiger partial charge on any atom is 0.472 e. The second kappa shape index (κ2) is 39.5. The van der Waals surface area contributed by atoms with Gasteiger partial charge >= 0.3 is 25.7 Å². The molecule has 12 heteroatoms. The molecule has 0 spiro atoms. The molecule has 0 amide bonds. The van der Waals surface area contributed by atoms with E-state index in [0.29, 0.717) is 12.8 Å². The maximum absolute atomic E-state index is 12.6. The van der Waals surface area contributed by atoms with Crippen LogP contribution in [0.25, 0.3) is 0 Å². The molecule has 0 heterocycles. The van der Waals surface area contributed by atoms with E-state index in [1.54, 1.807) is 0 Å². The third kappa shape index (κ3) is 38.6. The summed E-state index contributed by atoms with van der Waals surface area (Å²) in [4.78, 5) is 45.9. The van der Waals surface area contributed by atoms with Gasteiger partial charge in [-0.3, -0.25) is 23.4 Å². The normalized spacial score (nSPS) is 14.1. The number of unbranched alkanes of at least 4 members (excludes halogenated alkanes) is 21. The van der Waals surface area contributed by atoms with Crippen molar-refractivity contribution >= 4 is 25.7 Å². The molecule has 326 valence electrons. The third-order valence-corrected chi connectivity index (χ3v) is 10.4. The van der Waals surface area contributed by atoms with Crippen LogP contribution in [0.5, 0.6) is 0 Å². The number of phosphoric ester groups is 1. The number of ether oxygens (including phenoxy) is 2. The Balaban J connectivity index is 4.31. The van der Waals surface area contributed by atoms with Gasteiger partial charge < -0.3 is 25.2 Å². The van der Waals surface area contributed by atoms with E-state index >= 15 is 0 Å². The SMILES string of the molecule is CC/C=C\C/C=C\C/C=C\CCCCCC(=O)OC(COC(=O)CCCCCCCCCCCCCCCCCCCCC)COP(=O)(O)OCC(N)C(=O)O. The topological polar surface area (TPSA) is 172 Å². The highest BCUT2D eigenvalue weighted by Crippen LogP contribution is 2.43. The Hall–Kier alpha value is -2.30. The summed E-state index contributed by atoms with van der Waals surface area (Å²) in [5.41, 5.74) is 5.33. The van der Waals surface area contributed by atoms with Crippen molar-refractivity contribution in [3.05, 3.63) is 36.5 Å². The largest absolute Gasteiger partial charge is 0.480 e. The second-order valence-electron chi connectivity index (χ2n) is 14.8. The minimum absolute atomic E-state index is 0.127. The number of aliphatic carboxylic acids is 1. The Labute approximate surface area is 340 Å². The summed E-state index contributed by atoms with van der Waals surface area (Å²) in [6.45, 7) is 2.67. The van der Waals surface area contributed by atoms with Crippen LogP contribution in [0.1, 0.15) is 194 Å². The Kier molecular flexibility index (Phi) is 37.9. The van der Waals surface area contributed by atoms with Crippen LogP contribution in [0.15, 0.2) is 36.5 Å². The number of nitrogens with two attached hydrogens (primary N) is 1. The van der Waals surface area contributed by atoms with Crippen LogP contribution in [-0.4, -0.2) is 59.9 Å². The molecule has 3 unspecified atom stereocenters. The van der Waals surface area contributed by atoms with Gasteiger partial charge in [-0.25, -0.2) is 4.57 Å². The first-order chi connectivity index (χ1) is 27.1. The molecule has 0 aromatic carbocycles. The average Bonchev–Trinajstić information content (AvgIpc) is 3.17. The van der Waals surface area contributed by atoms with E-state index in [1.807, 2.05) is 0 Å². The molecule has 4 N–H and O–H groups in total. The molecule has 3 atom stereocenters. The summed E-state index contributed by atoms with van der Waals surface area (Å²) in [7, 11) is -4.72. The maximum atomic E-state index is 12.6. The van der Waals surface area contributed by atoms with Crippen LogP contribution in [0.2, 0.25) is 0 Å². The van der Waals surface area contributed by atoms with Gasteiger partial charge in [0.25, 0.3) is 0 Å². The number of esters is 2. The summed E-state index contributed by atoms with van der Waals surface area (Å²) < 4.78 is 32.6. The fourth-order valence-electron chi connectivity index (χ4n) is 5.96. The van der Waals surface area contributed by atoms with Crippen molar-refractivity contribution in [2.24, 2.45) is 5.73 Å². The lowest BCUT2D eigenvalue weighted by molar-refractivity contribution is -0.161. The molecule has 0 aliphatic heterocycles. The van der Waals surface area contributed by atoms with Crippen molar-refractivity contribution in [1.82, 2.24) is 0 Å². The third-order valence-electron chi connectivity index (χ3n) is 9.40. The molecular formula is C44H80NO10P. The number of phosphoric acid groups is 1. The first-order valence-electron chi connectivity index (χ1n) is 22.0. The number of carbonyl (C=O) groups excluding carboxylic acids is 2. The molecule has 56 heavy (non-hydrogen) atoms. The Morgan fingerprint density at radius 2 is 1.00 bits per heavy atom. The summed E-state index contributed by atoms with van der Waals surface area (Å²) in [6.07, 6.45) is 42.2. The fourth-order valence-corrected chi connectivity index (χ4v) is 6.74. The van der Waals surface area contributed by atoms with Gasteiger partial charge in [-0.05, 0) is 44.9 Å². The Bertz CT molecular complexity index is 1100. The smallest absolute Gasteiger partial charge is 0.472 e. The van der Waals surface area contributed by atoms with Gasteiger partial charge in [-0.1, -0.05) is 172 Å². The summed E-state index contributed by atoms with van der Waals surface area (Å²) in [5.74, 6) is -2.41. The Morgan fingerprint density at radius 3 is 1.50 bits per heavy atom. The molecule has 0 fully saturated rings. The van der Waals surface area contributed by atoms with Gasteiger partial charge in [0.1, 0.15) is 12.6 Å². The lowest BCUT2D eigenvalue weighted by atomic mass is 10.0. The van der Waals surface area contributed by atoms with E-state index in [0.717, 1.165) is 57.8 Å². The van der Waals surface area contributed by atoms with Crippen molar-refractivity contribution < 1.29 is 47.5 Å². The van der Waals surface area contributed by atoms with Crippen molar-refractivity contribution in [3.63, 3.8) is 0 Å². The minimum Gasteiger partial charge on any atom is -0.480 e. The zero-order valence-electron chi connectivity index (χ0n) is 35.2. The number of carboxylic acids is 1. The molecule has 0 aliphatic rings. The van der Waals surface area contributed by atoms with Crippen molar-refractivity contribution in [3.8, 4) is 0 Å². The molecule has 0 aliphatic carbocycles. The minimum atomic E-state index is -4.72. The summed E-state index contributed by atoms with van der Waals surface area (Å²) in [6, 6.07) is -1.52. The first kappa shape index (κ1) is 53.7. The number of hydrogen-bond donors (Lipinski definition) is 3. The van der Waals surface area contributed by atoms with Crippen molar-refractivity contribution in [1.29, 1.82) is 0 Å². The van der Waals surface area contributed by atoms with Gasteiger partial charge in [0.2, 0.25) is 0 Å². The lowest BCUT2D eigenvalue weighted by Gasteiger charge is -2.20. The van der Waals surface area contributed by atoms with Gasteiger partial charge in [0.05, 0.1) is 13.2 Å². The van der Waals surface area contributed by atoms with Crippen molar-refractivity contribution in [2.75, 3.05) is 19.8 Å². The number of carbonyl (C=O) groups is 3. The number of rotatable bonds is 41. The van der Waals surface area contributed by atoms with E-state index in [1.165, 1.54) is 96.3 Å². The van der Waals surface area contributed by atoms with Gasteiger partial charge in [0.15, 0.2) is 6.10 Å². The van der Waals surface area contributed by atoms with Crippen LogP contribution >= 0.6 is 7.82 Å². The molecule has 0 radical (unpaired) electrons. The van der Waals surface area contributed by atoms with E-state index < -0.39 is 51.1 Å². The van der Waals surface area contributed by atoms with E-state index in [2.05, 4.69) is 54.8 Å². The molecule has 0 bridgehead atoms. The van der Waals surface area contributed by atoms with E-state index in [9.17, 15) is 23.8 Å². The molecule has 0 rings (SSSR count). The average molecular weight is 814 g/mol. The predicted octanol–water partition coefficient (Wildman–Crippen LogP) is 11.6. The van der Waals surface area contributed by atoms with E-state index in [-0.39, 0.29) is 19.4 Å². The van der Waals surface area contributed by atoms with Crippen LogP contribution in [0.3, 0.4) is 0 Å². The lowest BCUT2D eigenvalue weighted by Crippen LogP contribution is -2.34. The molecule has 0 aromatic rings. The highest BCUT2D eigenvalue weighted by molar-refractivity contribution is 7.47. The number of hydrogen-bond acceptors (Lipinski definition) is 9. The molecular weight excluding hydrogens is 733 g/mol. The Morgan fingerprint density at radius 1 is 0.571 bits per heavy atom. The zero-order chi connectivity index (χ0) is 41.4. The second-order valence-corrected chi connectivity index (χ2v) is 16.3. The van der Waals surface area contributed by atoms with Gasteiger partial charge in [-0.2, -0.15) is 0 Å². The number of carboxylic acid groups (broad SMARTS) is 1. The van der Waals surface area contributed by atoms with Crippen molar-refractivity contribution in [2.45, 2.75) is 206 Å². The van der Waals surface area contributed by atoms with E-state index in [4.69, 9.17) is 24.8 Å². The summed E-state index contributed by atoms with van der Waals surface area (Å²) >= 11 is 0.